The van der Waals surface area contributed by atoms with Crippen LogP contribution in [0.3, 0.4) is 0 Å². The largest absolute Gasteiger partial charge is 0.378 e. The van der Waals surface area contributed by atoms with Crippen molar-refractivity contribution in [1.82, 2.24) is 0 Å². The minimum Gasteiger partial charge on any atom is -0.378 e. The fourth-order valence-electron chi connectivity index (χ4n) is 0.669. The van der Waals surface area contributed by atoms with Crippen molar-refractivity contribution < 1.29 is 13.5 Å². The Labute approximate surface area is 46.6 Å². The Morgan fingerprint density at radius 3 is 2.38 bits per heavy atom. The molecular formula is C5H8F2O. The lowest BCUT2D eigenvalue weighted by Gasteiger charge is -2.25. The molecule has 48 valence electrons. The van der Waals surface area contributed by atoms with Crippen LogP contribution in [0.15, 0.2) is 0 Å². The van der Waals surface area contributed by atoms with Gasteiger partial charge in [-0.2, -0.15) is 0 Å². The van der Waals surface area contributed by atoms with Crippen LogP contribution in [0.2, 0.25) is 0 Å². The van der Waals surface area contributed by atoms with Gasteiger partial charge < -0.3 is 4.74 Å². The fraction of sp³-hybridized carbons (Fsp3) is 1.00. The first-order valence-electron chi connectivity index (χ1n) is 2.69. The zero-order valence-corrected chi connectivity index (χ0v) is 4.44. The molecule has 1 heterocycles. The lowest BCUT2D eigenvalue weighted by atomic mass is 10.1. The molecule has 3 heteroatoms. The molecule has 0 aromatic rings. The molecule has 0 aromatic carbocycles. The minimum absolute atomic E-state index is 0.0833. The highest BCUT2D eigenvalue weighted by Gasteiger charge is 2.21. The standard InChI is InChI=1S/C5H8F2O/c6-5(7)3-4-1-2-8-4/h4-5H,1-3H2. The third-order valence-corrected chi connectivity index (χ3v) is 1.23. The van der Waals surface area contributed by atoms with E-state index >= 15 is 0 Å². The molecule has 0 amide bonds. The maximum absolute atomic E-state index is 11.4. The van der Waals surface area contributed by atoms with Crippen molar-refractivity contribution in [1.29, 1.82) is 0 Å². The van der Waals surface area contributed by atoms with Gasteiger partial charge in [-0.05, 0) is 6.42 Å². The highest BCUT2D eigenvalue weighted by atomic mass is 19.3. The predicted octanol–water partition coefficient (Wildman–Crippen LogP) is 1.43. The third-order valence-electron chi connectivity index (χ3n) is 1.23. The Hall–Kier alpha value is -0.180. The molecular weight excluding hydrogens is 114 g/mol. The first kappa shape index (κ1) is 5.95. The number of ether oxygens (including phenoxy) is 1. The Bertz CT molecular complexity index is 70.8. The molecule has 0 spiro atoms. The van der Waals surface area contributed by atoms with Crippen LogP contribution in [0.4, 0.5) is 8.78 Å². The normalized spacial score (nSPS) is 28.1. The first-order valence-corrected chi connectivity index (χ1v) is 2.69. The van der Waals surface area contributed by atoms with E-state index in [0.717, 1.165) is 6.42 Å². The van der Waals surface area contributed by atoms with E-state index in [1.54, 1.807) is 0 Å². The highest BCUT2D eigenvalue weighted by Crippen LogP contribution is 2.18. The zero-order chi connectivity index (χ0) is 5.98. The molecule has 0 N–H and O–H groups in total. The van der Waals surface area contributed by atoms with E-state index in [4.69, 9.17) is 4.74 Å². The second-order valence-corrected chi connectivity index (χ2v) is 1.91. The Kier molecular flexibility index (Phi) is 1.78. The summed E-state index contributed by atoms with van der Waals surface area (Å²) in [4.78, 5) is 0. The molecule has 0 bridgehead atoms. The van der Waals surface area contributed by atoms with E-state index in [1.165, 1.54) is 0 Å². The number of rotatable bonds is 2. The summed E-state index contributed by atoms with van der Waals surface area (Å²) in [6.07, 6.45) is -1.61. The summed E-state index contributed by atoms with van der Waals surface area (Å²) in [7, 11) is 0. The van der Waals surface area contributed by atoms with Crippen LogP contribution in [0.5, 0.6) is 0 Å². The molecule has 0 aromatic heterocycles. The van der Waals surface area contributed by atoms with Gasteiger partial charge in [-0.1, -0.05) is 0 Å². The van der Waals surface area contributed by atoms with Crippen molar-refractivity contribution in [2.45, 2.75) is 25.4 Å². The maximum atomic E-state index is 11.4. The molecule has 1 aliphatic heterocycles. The smallest absolute Gasteiger partial charge is 0.241 e. The lowest BCUT2D eigenvalue weighted by Crippen LogP contribution is -2.28. The molecule has 1 unspecified atom stereocenters. The van der Waals surface area contributed by atoms with Gasteiger partial charge >= 0.3 is 0 Å². The van der Waals surface area contributed by atoms with E-state index in [-0.39, 0.29) is 12.5 Å². The van der Waals surface area contributed by atoms with Gasteiger partial charge in [0, 0.05) is 13.0 Å². The lowest BCUT2D eigenvalue weighted by molar-refractivity contribution is -0.0789. The summed E-state index contributed by atoms with van der Waals surface area (Å²) in [5, 5.41) is 0. The van der Waals surface area contributed by atoms with Crippen molar-refractivity contribution in [3.05, 3.63) is 0 Å². The van der Waals surface area contributed by atoms with Crippen LogP contribution in [-0.4, -0.2) is 19.1 Å². The monoisotopic (exact) mass is 122 g/mol. The molecule has 1 aliphatic rings. The van der Waals surface area contributed by atoms with E-state index in [9.17, 15) is 8.78 Å². The van der Waals surface area contributed by atoms with E-state index < -0.39 is 6.43 Å². The van der Waals surface area contributed by atoms with Gasteiger partial charge in [0.1, 0.15) is 0 Å². The highest BCUT2D eigenvalue weighted by molar-refractivity contribution is 4.66. The first-order chi connectivity index (χ1) is 3.79. The molecule has 1 rings (SSSR count). The van der Waals surface area contributed by atoms with Crippen LogP contribution in [0, 0.1) is 0 Å². The third kappa shape index (κ3) is 1.40. The van der Waals surface area contributed by atoms with Crippen molar-refractivity contribution >= 4 is 0 Å². The number of hydrogen-bond acceptors (Lipinski definition) is 1. The number of halogens is 2. The van der Waals surface area contributed by atoms with Crippen molar-refractivity contribution in [3.63, 3.8) is 0 Å². The van der Waals surface area contributed by atoms with Gasteiger partial charge in [0.05, 0.1) is 6.10 Å². The van der Waals surface area contributed by atoms with Crippen LogP contribution in [0.25, 0.3) is 0 Å². The summed E-state index contributed by atoms with van der Waals surface area (Å²) in [6.45, 7) is 0.664. The molecule has 0 saturated carbocycles. The summed E-state index contributed by atoms with van der Waals surface area (Å²) >= 11 is 0. The summed E-state index contributed by atoms with van der Waals surface area (Å²) in [5.41, 5.74) is 0. The Morgan fingerprint density at radius 1 is 1.62 bits per heavy atom. The van der Waals surface area contributed by atoms with Gasteiger partial charge in [-0.3, -0.25) is 0 Å². The van der Waals surface area contributed by atoms with Gasteiger partial charge in [0.15, 0.2) is 0 Å². The predicted molar refractivity (Wildman–Crippen MR) is 25.0 cm³/mol. The second-order valence-electron chi connectivity index (χ2n) is 1.91. The van der Waals surface area contributed by atoms with Crippen molar-refractivity contribution in [2.24, 2.45) is 0 Å². The topological polar surface area (TPSA) is 9.23 Å². The SMILES string of the molecule is FC(F)CC1CCO1. The van der Waals surface area contributed by atoms with E-state index in [0.29, 0.717) is 6.61 Å². The quantitative estimate of drug-likeness (QED) is 0.538. The maximum Gasteiger partial charge on any atom is 0.241 e. The molecule has 1 atom stereocenters. The summed E-state index contributed by atoms with van der Waals surface area (Å²) < 4.78 is 27.6. The van der Waals surface area contributed by atoms with Crippen LogP contribution in [-0.2, 0) is 4.74 Å². The second kappa shape index (κ2) is 2.40. The summed E-state index contributed by atoms with van der Waals surface area (Å²) in [6, 6.07) is 0. The van der Waals surface area contributed by atoms with Gasteiger partial charge in [0.2, 0.25) is 6.43 Å². The van der Waals surface area contributed by atoms with Crippen molar-refractivity contribution in [2.75, 3.05) is 6.61 Å². The summed E-state index contributed by atoms with van der Waals surface area (Å²) in [5.74, 6) is 0. The van der Waals surface area contributed by atoms with Gasteiger partial charge in [-0.15, -0.1) is 0 Å². The van der Waals surface area contributed by atoms with E-state index in [2.05, 4.69) is 0 Å². The van der Waals surface area contributed by atoms with Crippen molar-refractivity contribution in [3.8, 4) is 0 Å². The average Bonchev–Trinajstić information content (AvgIpc) is 1.55. The zero-order valence-electron chi connectivity index (χ0n) is 4.44. The van der Waals surface area contributed by atoms with E-state index in [1.807, 2.05) is 0 Å². The Balaban J connectivity index is 2.01. The van der Waals surface area contributed by atoms with Gasteiger partial charge in [-0.25, -0.2) is 8.78 Å². The molecule has 0 radical (unpaired) electrons. The molecule has 0 aliphatic carbocycles. The van der Waals surface area contributed by atoms with Gasteiger partial charge in [0.25, 0.3) is 0 Å². The minimum atomic E-state index is -2.19. The Morgan fingerprint density at radius 2 is 2.25 bits per heavy atom. The van der Waals surface area contributed by atoms with Crippen LogP contribution in [0.1, 0.15) is 12.8 Å². The molecule has 1 nitrogen and oxygen atoms in total. The average molecular weight is 122 g/mol. The number of alkyl halides is 2. The van der Waals surface area contributed by atoms with Crippen LogP contribution >= 0.6 is 0 Å². The fourth-order valence-corrected chi connectivity index (χ4v) is 0.669. The molecule has 1 saturated heterocycles. The molecule has 1 fully saturated rings. The van der Waals surface area contributed by atoms with Crippen LogP contribution < -0.4 is 0 Å². The number of hydrogen-bond donors (Lipinski definition) is 0. The molecule has 8 heavy (non-hydrogen) atoms.